The number of hydrazine groups is 1. The van der Waals surface area contributed by atoms with Crippen LogP contribution < -0.4 is 5.43 Å². The molecule has 2 heterocycles. The van der Waals surface area contributed by atoms with Crippen LogP contribution in [0, 0.1) is 0 Å². The number of halogens is 2. The van der Waals surface area contributed by atoms with E-state index in [2.05, 4.69) is 5.43 Å². The van der Waals surface area contributed by atoms with Crippen LogP contribution in [0.4, 0.5) is 0 Å². The summed E-state index contributed by atoms with van der Waals surface area (Å²) in [6.07, 6.45) is 1.74. The normalized spacial score (nSPS) is 16.1. The number of carbonyl (C=O) groups is 2. The zero-order chi connectivity index (χ0) is 17.3. The summed E-state index contributed by atoms with van der Waals surface area (Å²) in [5.74, 6) is -0.915. The van der Waals surface area contributed by atoms with Crippen molar-refractivity contribution in [3.63, 3.8) is 0 Å². The van der Waals surface area contributed by atoms with Gasteiger partial charge in [-0.15, -0.1) is 11.3 Å². The molecule has 0 saturated carbocycles. The van der Waals surface area contributed by atoms with E-state index in [0.29, 0.717) is 9.93 Å². The number of thiophene rings is 1. The third-order valence-electron chi connectivity index (χ3n) is 3.00. The maximum atomic E-state index is 12.4. The Morgan fingerprint density at radius 2 is 2.08 bits per heavy atom. The molecule has 0 bridgehead atoms. The Hall–Kier alpha value is -1.38. The predicted octanol–water partition coefficient (Wildman–Crippen LogP) is 4.60. The van der Waals surface area contributed by atoms with Gasteiger partial charge in [0, 0.05) is 9.90 Å². The molecular formula is C15H8Cl2N2O2S3. The number of carbonyl (C=O) groups excluding carboxylic acids is 2. The molecule has 1 saturated heterocycles. The van der Waals surface area contributed by atoms with Crippen molar-refractivity contribution in [1.29, 1.82) is 0 Å². The third-order valence-corrected chi connectivity index (χ3v) is 5.67. The van der Waals surface area contributed by atoms with E-state index in [-0.39, 0.29) is 20.8 Å². The number of amides is 2. The summed E-state index contributed by atoms with van der Waals surface area (Å²) in [5, 5.41) is 3.57. The number of hydrogen-bond acceptors (Lipinski definition) is 5. The fourth-order valence-electron chi connectivity index (χ4n) is 1.90. The zero-order valence-corrected chi connectivity index (χ0v) is 15.7. The molecule has 2 amide bonds. The van der Waals surface area contributed by atoms with Crippen LogP contribution >= 0.6 is 58.5 Å². The Kier molecular flexibility index (Phi) is 5.27. The van der Waals surface area contributed by atoms with Crippen molar-refractivity contribution in [3.05, 3.63) is 61.1 Å². The fraction of sp³-hybridized carbons (Fsp3) is 0. The van der Waals surface area contributed by atoms with Gasteiger partial charge in [-0.25, -0.2) is 0 Å². The first-order valence-corrected chi connectivity index (χ1v) is 9.39. The molecule has 1 aromatic heterocycles. The molecule has 1 aliphatic rings. The summed E-state index contributed by atoms with van der Waals surface area (Å²) in [6.45, 7) is 0. The Balaban J connectivity index is 1.79. The second-order valence-corrected chi connectivity index (χ2v) is 8.10. The van der Waals surface area contributed by atoms with E-state index >= 15 is 0 Å². The maximum absolute atomic E-state index is 12.4. The third kappa shape index (κ3) is 3.65. The topological polar surface area (TPSA) is 49.4 Å². The summed E-state index contributed by atoms with van der Waals surface area (Å²) in [7, 11) is 0. The lowest BCUT2D eigenvalue weighted by Gasteiger charge is -2.16. The van der Waals surface area contributed by atoms with Crippen molar-refractivity contribution in [2.45, 2.75) is 0 Å². The Morgan fingerprint density at radius 3 is 2.75 bits per heavy atom. The number of thioether (sulfide) groups is 1. The lowest BCUT2D eigenvalue weighted by atomic mass is 10.2. The number of benzene rings is 1. The molecule has 4 nitrogen and oxygen atoms in total. The smallest absolute Gasteiger partial charge is 0.267 e. The Labute approximate surface area is 161 Å². The van der Waals surface area contributed by atoms with Gasteiger partial charge in [-0.1, -0.05) is 41.0 Å². The lowest BCUT2D eigenvalue weighted by molar-refractivity contribution is -0.123. The summed E-state index contributed by atoms with van der Waals surface area (Å²) >= 11 is 19.6. The number of rotatable bonds is 3. The van der Waals surface area contributed by atoms with Crippen LogP contribution in [0.2, 0.25) is 10.0 Å². The highest BCUT2D eigenvalue weighted by atomic mass is 35.5. The molecule has 9 heteroatoms. The van der Waals surface area contributed by atoms with Crippen molar-refractivity contribution in [1.82, 2.24) is 10.4 Å². The highest BCUT2D eigenvalue weighted by molar-refractivity contribution is 8.26. The quantitative estimate of drug-likeness (QED) is 0.588. The molecule has 0 atom stereocenters. The fourth-order valence-corrected chi connectivity index (χ4v) is 4.30. The minimum atomic E-state index is -0.537. The molecule has 3 rings (SSSR count). The van der Waals surface area contributed by atoms with Gasteiger partial charge < -0.3 is 0 Å². The average molecular weight is 415 g/mol. The van der Waals surface area contributed by atoms with Crippen LogP contribution in [0.1, 0.15) is 15.2 Å². The molecule has 1 aliphatic heterocycles. The van der Waals surface area contributed by atoms with E-state index in [0.717, 1.165) is 21.6 Å². The molecule has 2 aromatic rings. The summed E-state index contributed by atoms with van der Waals surface area (Å²) in [4.78, 5) is 26.1. The van der Waals surface area contributed by atoms with Crippen LogP contribution in [0.3, 0.4) is 0 Å². The molecular weight excluding hydrogens is 407 g/mol. The first kappa shape index (κ1) is 17.4. The monoisotopic (exact) mass is 414 g/mol. The molecule has 1 N–H and O–H groups in total. The molecule has 0 aliphatic carbocycles. The lowest BCUT2D eigenvalue weighted by Crippen LogP contribution is -2.44. The highest BCUT2D eigenvalue weighted by Gasteiger charge is 2.34. The van der Waals surface area contributed by atoms with E-state index in [9.17, 15) is 9.59 Å². The minimum absolute atomic E-state index is 0.194. The summed E-state index contributed by atoms with van der Waals surface area (Å²) < 4.78 is 0.251. The van der Waals surface area contributed by atoms with E-state index < -0.39 is 5.91 Å². The molecule has 122 valence electrons. The Morgan fingerprint density at radius 1 is 1.29 bits per heavy atom. The first-order valence-electron chi connectivity index (χ1n) is 6.53. The first-order chi connectivity index (χ1) is 11.5. The van der Waals surface area contributed by atoms with E-state index in [1.807, 2.05) is 17.5 Å². The van der Waals surface area contributed by atoms with Gasteiger partial charge in [0.1, 0.15) is 0 Å². The standard InChI is InChI=1S/C15H8Cl2N2O2S3/c16-8-3-4-10(11(17)6-8)13(20)18-19-14(21)12(24-15(19)22)7-9-2-1-5-23-9/h1-7H,(H,18,20). The molecule has 1 aromatic carbocycles. The molecule has 0 radical (unpaired) electrons. The van der Waals surface area contributed by atoms with Gasteiger partial charge in [0.05, 0.1) is 15.5 Å². The van der Waals surface area contributed by atoms with Gasteiger partial charge >= 0.3 is 0 Å². The van der Waals surface area contributed by atoms with Crippen LogP contribution in [-0.4, -0.2) is 21.1 Å². The Bertz CT molecular complexity index is 866. The number of nitrogens with one attached hydrogen (secondary N) is 1. The van der Waals surface area contributed by atoms with Gasteiger partial charge in [0.2, 0.25) is 0 Å². The molecule has 1 fully saturated rings. The van der Waals surface area contributed by atoms with Crippen molar-refractivity contribution in [3.8, 4) is 0 Å². The van der Waals surface area contributed by atoms with Crippen LogP contribution in [-0.2, 0) is 4.79 Å². The van der Waals surface area contributed by atoms with Crippen LogP contribution in [0.5, 0.6) is 0 Å². The SMILES string of the molecule is O=C(NN1C(=O)C(=Cc2cccs2)SC1=S)c1ccc(Cl)cc1Cl. The molecule has 0 unspecified atom stereocenters. The van der Waals surface area contributed by atoms with Crippen molar-refractivity contribution in [2.24, 2.45) is 0 Å². The van der Waals surface area contributed by atoms with E-state index in [4.69, 9.17) is 35.4 Å². The number of hydrogen-bond donors (Lipinski definition) is 1. The second-order valence-electron chi connectivity index (χ2n) is 4.60. The van der Waals surface area contributed by atoms with E-state index in [1.54, 1.807) is 12.1 Å². The van der Waals surface area contributed by atoms with Gasteiger partial charge in [-0.2, -0.15) is 5.01 Å². The van der Waals surface area contributed by atoms with Gasteiger partial charge in [-0.05, 0) is 47.9 Å². The summed E-state index contributed by atoms with van der Waals surface area (Å²) in [5.41, 5.74) is 2.69. The molecule has 0 spiro atoms. The number of thiocarbonyl (C=S) groups is 1. The second kappa shape index (κ2) is 7.25. The van der Waals surface area contributed by atoms with Gasteiger partial charge in [0.25, 0.3) is 11.8 Å². The zero-order valence-electron chi connectivity index (χ0n) is 11.8. The minimum Gasteiger partial charge on any atom is -0.267 e. The van der Waals surface area contributed by atoms with E-state index in [1.165, 1.54) is 23.5 Å². The average Bonchev–Trinajstić information content (AvgIpc) is 3.11. The van der Waals surface area contributed by atoms with Crippen molar-refractivity contribution in [2.75, 3.05) is 0 Å². The summed E-state index contributed by atoms with van der Waals surface area (Å²) in [6, 6.07) is 8.27. The predicted molar refractivity (Wildman–Crippen MR) is 103 cm³/mol. The van der Waals surface area contributed by atoms with Gasteiger partial charge in [0.15, 0.2) is 4.32 Å². The molecule has 24 heavy (non-hydrogen) atoms. The van der Waals surface area contributed by atoms with Crippen LogP contribution in [0.15, 0.2) is 40.6 Å². The largest absolute Gasteiger partial charge is 0.285 e. The number of nitrogens with zero attached hydrogens (tertiary/aromatic N) is 1. The highest BCUT2D eigenvalue weighted by Crippen LogP contribution is 2.32. The maximum Gasteiger partial charge on any atom is 0.285 e. The van der Waals surface area contributed by atoms with Crippen molar-refractivity contribution < 1.29 is 9.59 Å². The van der Waals surface area contributed by atoms with Gasteiger partial charge in [-0.3, -0.25) is 15.0 Å². The van der Waals surface area contributed by atoms with Crippen LogP contribution in [0.25, 0.3) is 6.08 Å². The van der Waals surface area contributed by atoms with Crippen molar-refractivity contribution >= 4 is 80.7 Å².